The molecule has 3 N–H and O–H groups in total. The summed E-state index contributed by atoms with van der Waals surface area (Å²) in [6.45, 7) is 31.8. The predicted molar refractivity (Wildman–Crippen MR) is 308 cm³/mol. The quantitative estimate of drug-likeness (QED) is 0.0821. The fourth-order valence-electron chi connectivity index (χ4n) is 9.28. The zero-order chi connectivity index (χ0) is 57.5. The number of aryl methyl sites for hydroxylation is 3. The summed E-state index contributed by atoms with van der Waals surface area (Å²) in [5.74, 6) is 1.94. The van der Waals surface area contributed by atoms with E-state index in [1.54, 1.807) is 87.2 Å². The van der Waals surface area contributed by atoms with Crippen molar-refractivity contribution in [3.05, 3.63) is 160 Å². The largest absolute Gasteiger partial charge is 0.348 e. The zero-order valence-electron chi connectivity index (χ0n) is 48.0. The van der Waals surface area contributed by atoms with Gasteiger partial charge in [0.25, 0.3) is 11.8 Å². The number of fused-ring (bicyclic) bond motifs is 2. The lowest BCUT2D eigenvalue weighted by Gasteiger charge is -2.28. The number of aromatic nitrogens is 6. The Balaban J connectivity index is 0.000000224. The highest BCUT2D eigenvalue weighted by molar-refractivity contribution is 7.91. The second-order valence-corrected chi connectivity index (χ2v) is 25.2. The number of rotatable bonds is 16. The summed E-state index contributed by atoms with van der Waals surface area (Å²) in [5, 5.41) is 9.18. The fraction of sp³-hybridized carbons (Fsp3) is 0.458. The number of nitrogens with one attached hydrogen (secondary N) is 3. The number of anilines is 1. The molecule has 6 aromatic rings. The Kier molecular flexibility index (Phi) is 22.7. The first-order valence-electron chi connectivity index (χ1n) is 26.9. The number of amides is 2. The average Bonchev–Trinajstić information content (AvgIpc) is 4.03. The van der Waals surface area contributed by atoms with Crippen molar-refractivity contribution in [1.82, 2.24) is 50.8 Å². The molecule has 0 aliphatic carbocycles. The lowest BCUT2D eigenvalue weighted by atomic mass is 9.99. The first kappa shape index (κ1) is 62.3. The Morgan fingerprint density at radius 1 is 0.628 bits per heavy atom. The highest BCUT2D eigenvalue weighted by Crippen LogP contribution is 2.39. The van der Waals surface area contributed by atoms with E-state index in [0.717, 1.165) is 63.9 Å². The second kappa shape index (κ2) is 28.4. The minimum Gasteiger partial charge on any atom is -0.348 e. The van der Waals surface area contributed by atoms with Gasteiger partial charge in [0.2, 0.25) is 5.95 Å². The van der Waals surface area contributed by atoms with Crippen LogP contribution in [0.5, 0.6) is 0 Å². The molecule has 78 heavy (non-hydrogen) atoms. The fourth-order valence-corrected chi connectivity index (χ4v) is 11.0. The summed E-state index contributed by atoms with van der Waals surface area (Å²) < 4.78 is 47.6. The van der Waals surface area contributed by atoms with Crippen molar-refractivity contribution in [3.8, 4) is 0 Å². The zero-order valence-corrected chi connectivity index (χ0v) is 49.6. The molecular formula is C59H81N11O6S2. The molecule has 0 unspecified atom stereocenters. The van der Waals surface area contributed by atoms with E-state index in [-0.39, 0.29) is 46.2 Å². The molecule has 19 heteroatoms. The van der Waals surface area contributed by atoms with Crippen LogP contribution in [0, 0.1) is 32.6 Å². The van der Waals surface area contributed by atoms with Crippen molar-refractivity contribution in [3.63, 3.8) is 0 Å². The van der Waals surface area contributed by atoms with Crippen molar-refractivity contribution in [1.29, 1.82) is 0 Å². The normalized spacial score (nSPS) is 14.7. The number of nitrogens with zero attached hydrogens (tertiary/aromatic N) is 8. The van der Waals surface area contributed by atoms with Crippen LogP contribution < -0.4 is 20.9 Å². The number of benzene rings is 2. The third kappa shape index (κ3) is 17.0. The van der Waals surface area contributed by atoms with Crippen LogP contribution >= 0.6 is 0 Å². The summed E-state index contributed by atoms with van der Waals surface area (Å²) in [5.41, 5.74) is 8.63. The van der Waals surface area contributed by atoms with Gasteiger partial charge in [-0.25, -0.2) is 36.8 Å². The molecule has 2 atom stereocenters. The number of carbonyl (C=O) groups is 2. The van der Waals surface area contributed by atoms with E-state index >= 15 is 0 Å². The molecule has 0 fully saturated rings. The Bertz CT molecular complexity index is 3150. The second-order valence-electron chi connectivity index (χ2n) is 20.7. The number of carbonyl (C=O) groups excluding carboxylic acids is 2. The number of hydrogen-bond donors (Lipinski definition) is 3. The van der Waals surface area contributed by atoms with E-state index in [0.29, 0.717) is 59.6 Å². The molecule has 2 aliphatic heterocycles. The molecule has 0 saturated heterocycles. The summed E-state index contributed by atoms with van der Waals surface area (Å²) in [6, 6.07) is 22.4. The van der Waals surface area contributed by atoms with Crippen molar-refractivity contribution >= 4 is 37.4 Å². The highest BCUT2D eigenvalue weighted by Gasteiger charge is 2.36. The molecule has 17 nitrogen and oxygen atoms in total. The summed E-state index contributed by atoms with van der Waals surface area (Å²) in [6.07, 6.45) is 6.75. The number of hydrogen-bond acceptors (Lipinski definition) is 15. The van der Waals surface area contributed by atoms with Gasteiger partial charge < -0.3 is 20.9 Å². The van der Waals surface area contributed by atoms with Crippen LogP contribution in [0.1, 0.15) is 160 Å². The van der Waals surface area contributed by atoms with Crippen molar-refractivity contribution < 1.29 is 26.4 Å². The monoisotopic (exact) mass is 1100 g/mol. The maximum Gasteiger partial charge on any atom is 0.253 e. The molecule has 0 bridgehead atoms. The lowest BCUT2D eigenvalue weighted by Crippen LogP contribution is -2.36. The molecule has 6 heterocycles. The van der Waals surface area contributed by atoms with Crippen LogP contribution in [0.4, 0.5) is 5.95 Å². The van der Waals surface area contributed by atoms with Gasteiger partial charge in [0.05, 0.1) is 55.9 Å². The van der Waals surface area contributed by atoms with Gasteiger partial charge in [-0.05, 0) is 138 Å². The lowest BCUT2D eigenvalue weighted by molar-refractivity contribution is 0.0942. The molecule has 0 saturated carbocycles. The van der Waals surface area contributed by atoms with Gasteiger partial charge in [-0.15, -0.1) is 0 Å². The maximum absolute atomic E-state index is 12.8. The first-order valence-corrected chi connectivity index (χ1v) is 30.2. The van der Waals surface area contributed by atoms with Crippen LogP contribution in [0.25, 0.3) is 0 Å². The molecule has 2 aliphatic rings. The number of pyridine rings is 2. The molecule has 8 rings (SSSR count). The Labute approximate surface area is 463 Å². The Hall–Kier alpha value is -6.54. The molecule has 0 radical (unpaired) electrons. The third-order valence-electron chi connectivity index (χ3n) is 13.5. The van der Waals surface area contributed by atoms with Crippen LogP contribution in [0.3, 0.4) is 0 Å². The smallest absolute Gasteiger partial charge is 0.253 e. The average molecular weight is 1100 g/mol. The van der Waals surface area contributed by atoms with E-state index in [4.69, 9.17) is 0 Å². The third-order valence-corrected chi connectivity index (χ3v) is 17.0. The van der Waals surface area contributed by atoms with E-state index in [1.165, 1.54) is 0 Å². The van der Waals surface area contributed by atoms with Crippen molar-refractivity contribution in [2.24, 2.45) is 11.8 Å². The van der Waals surface area contributed by atoms with Gasteiger partial charge in [0.15, 0.2) is 19.7 Å². The number of sulfone groups is 2. The summed E-state index contributed by atoms with van der Waals surface area (Å²) in [7, 11) is -6.45. The topological polar surface area (TPSA) is 222 Å². The summed E-state index contributed by atoms with van der Waals surface area (Å²) >= 11 is 0. The molecular weight excluding hydrogens is 1020 g/mol. The van der Waals surface area contributed by atoms with Crippen LogP contribution in [-0.2, 0) is 45.9 Å². The Morgan fingerprint density at radius 2 is 1.10 bits per heavy atom. The van der Waals surface area contributed by atoms with E-state index in [2.05, 4.69) is 118 Å². The van der Waals surface area contributed by atoms with Gasteiger partial charge in [-0.2, -0.15) is 0 Å². The van der Waals surface area contributed by atoms with Crippen LogP contribution in [-0.4, -0.2) is 93.6 Å². The Morgan fingerprint density at radius 3 is 1.50 bits per heavy atom. The van der Waals surface area contributed by atoms with E-state index in [1.807, 2.05) is 45.0 Å². The predicted octanol–water partition coefficient (Wildman–Crippen LogP) is 9.44. The maximum atomic E-state index is 12.8. The van der Waals surface area contributed by atoms with Crippen molar-refractivity contribution in [2.75, 3.05) is 23.0 Å². The standard InChI is InChI=1S/C25H29N5O3S.C20H25N3O3S.C8H19N.C6H8N2/c1-5-34(32,33)21-8-6-18(7-9-21)13-28-24(31)19-12-20-15-30(25-26-11-10-17(4)29-25)23(16(2)3)22(20)27-14-19;1-4-27(25,26)17-7-5-14(6-8-17)10-23-20(24)16-9-15-11-21-18(13(2)3)19(15)22-12-16;1-6-9(7(2)3)8(4)5;1-5-3-4-7-6(2)8-5/h6-12,14,16,23H,5,13,15H2,1-4H3,(H,28,31);5-9,12-13,18,21H,4,10-11H2,1-3H3,(H,23,24);7-8H,6H2,1-5H3;3-4H,1-2H3/t23-;18-;;/m00../s1. The van der Waals surface area contributed by atoms with Crippen LogP contribution in [0.2, 0.25) is 0 Å². The summed E-state index contributed by atoms with van der Waals surface area (Å²) in [4.78, 5) is 56.6. The van der Waals surface area contributed by atoms with E-state index < -0.39 is 19.7 Å². The van der Waals surface area contributed by atoms with Gasteiger partial charge in [0.1, 0.15) is 5.82 Å². The minimum atomic E-state index is -3.24. The molecule has 2 aromatic carbocycles. The SMILES string of the molecule is CCN(C(C)C)C(C)C.CCS(=O)(=O)c1ccc(CNC(=O)c2cnc3c(c2)CN(c2nccc(C)n2)[C@H]3C(C)C)cc1.CCS(=O)(=O)c1ccc(CNC(=O)c2cnc3c(c2)CN[C@H]3C(C)C)cc1.Cc1ccnc(C)n1. The highest BCUT2D eigenvalue weighted by atomic mass is 32.2. The molecule has 0 spiro atoms. The minimum absolute atomic E-state index is 0.0341. The van der Waals surface area contributed by atoms with Crippen molar-refractivity contribution in [2.45, 2.75) is 157 Å². The molecule has 2 amide bonds. The van der Waals surface area contributed by atoms with Gasteiger partial charge in [0, 0.05) is 74.4 Å². The first-order chi connectivity index (χ1) is 36.9. The van der Waals surface area contributed by atoms with Gasteiger partial charge in [-0.1, -0.05) is 72.7 Å². The van der Waals surface area contributed by atoms with Crippen LogP contribution in [0.15, 0.2) is 107 Å². The van der Waals surface area contributed by atoms with Gasteiger partial charge >= 0.3 is 0 Å². The van der Waals surface area contributed by atoms with E-state index in [9.17, 15) is 26.4 Å². The van der Waals surface area contributed by atoms with Gasteiger partial charge in [-0.3, -0.25) is 24.5 Å². The molecule has 4 aromatic heterocycles. The molecule has 420 valence electrons.